The summed E-state index contributed by atoms with van der Waals surface area (Å²) in [4.78, 5) is 17.8. The zero-order chi connectivity index (χ0) is 12.0. The zero-order valence-corrected chi connectivity index (χ0v) is 10.7. The Hall–Kier alpha value is -0.970. The highest BCUT2D eigenvalue weighted by molar-refractivity contribution is 8.03. The van der Waals surface area contributed by atoms with Gasteiger partial charge in [-0.2, -0.15) is 0 Å². The maximum absolute atomic E-state index is 11.9. The van der Waals surface area contributed by atoms with Gasteiger partial charge in [-0.3, -0.25) is 9.69 Å². The number of amides is 1. The average Bonchev–Trinajstić information content (AvgIpc) is 2.63. The molecule has 4 nitrogen and oxygen atoms in total. The summed E-state index contributed by atoms with van der Waals surface area (Å²) in [6.45, 7) is 4.16. The Balaban J connectivity index is 2.36. The fourth-order valence-corrected chi connectivity index (χ4v) is 3.14. The standard InChI is InChI=1S/C11H17N3OS/c1-10(11(2)5-4-6-16-11)7-8(15)14(3)9(12)13-10/h4,6H,5,7H2,1-3H3,(H2,12,13)/t10-,11+/m0/s1. The van der Waals surface area contributed by atoms with Gasteiger partial charge in [0, 0.05) is 11.8 Å². The molecule has 0 saturated carbocycles. The molecule has 2 atom stereocenters. The Morgan fingerprint density at radius 1 is 1.56 bits per heavy atom. The number of aliphatic imine (C=N–C) groups is 1. The van der Waals surface area contributed by atoms with Crippen LogP contribution in [0.5, 0.6) is 0 Å². The Morgan fingerprint density at radius 2 is 2.25 bits per heavy atom. The second-order valence-electron chi connectivity index (χ2n) is 4.80. The lowest BCUT2D eigenvalue weighted by atomic mass is 9.80. The van der Waals surface area contributed by atoms with Crippen molar-refractivity contribution in [3.05, 3.63) is 11.5 Å². The van der Waals surface area contributed by atoms with E-state index in [2.05, 4.69) is 23.4 Å². The third-order valence-corrected chi connectivity index (χ3v) is 5.10. The molecule has 2 heterocycles. The van der Waals surface area contributed by atoms with E-state index in [1.54, 1.807) is 18.8 Å². The van der Waals surface area contributed by atoms with Crippen LogP contribution in [0, 0.1) is 0 Å². The number of thioether (sulfide) groups is 1. The van der Waals surface area contributed by atoms with Crippen LogP contribution in [-0.4, -0.2) is 34.1 Å². The number of hydrogen-bond acceptors (Lipinski definition) is 4. The minimum absolute atomic E-state index is 0.0451. The summed E-state index contributed by atoms with van der Waals surface area (Å²) in [5.41, 5.74) is 5.39. The molecule has 0 bridgehead atoms. The van der Waals surface area contributed by atoms with Crippen molar-refractivity contribution in [3.63, 3.8) is 0 Å². The van der Waals surface area contributed by atoms with Gasteiger partial charge in [0.05, 0.1) is 12.0 Å². The fraction of sp³-hybridized carbons (Fsp3) is 0.636. The summed E-state index contributed by atoms with van der Waals surface area (Å²) in [6, 6.07) is 0. The number of carbonyl (C=O) groups excluding carboxylic acids is 1. The number of nitrogens with zero attached hydrogens (tertiary/aromatic N) is 2. The van der Waals surface area contributed by atoms with Gasteiger partial charge in [-0.25, -0.2) is 4.99 Å². The molecule has 2 N–H and O–H groups in total. The van der Waals surface area contributed by atoms with Crippen LogP contribution < -0.4 is 5.73 Å². The first-order chi connectivity index (χ1) is 7.38. The monoisotopic (exact) mass is 239 g/mol. The van der Waals surface area contributed by atoms with Crippen molar-refractivity contribution in [2.75, 3.05) is 7.05 Å². The third-order valence-electron chi connectivity index (χ3n) is 3.65. The van der Waals surface area contributed by atoms with E-state index >= 15 is 0 Å². The highest BCUT2D eigenvalue weighted by Gasteiger charge is 2.49. The molecule has 0 aromatic rings. The van der Waals surface area contributed by atoms with Gasteiger partial charge in [-0.15, -0.1) is 11.8 Å². The lowest BCUT2D eigenvalue weighted by Gasteiger charge is -2.43. The molecule has 1 amide bonds. The quantitative estimate of drug-likeness (QED) is 0.751. The van der Waals surface area contributed by atoms with Crippen molar-refractivity contribution in [2.24, 2.45) is 10.7 Å². The number of guanidine groups is 1. The third kappa shape index (κ3) is 1.54. The number of nitrogens with two attached hydrogens (primary N) is 1. The summed E-state index contributed by atoms with van der Waals surface area (Å²) in [7, 11) is 1.67. The first-order valence-electron chi connectivity index (χ1n) is 5.33. The number of allylic oxidation sites excluding steroid dienone is 1. The van der Waals surface area contributed by atoms with Gasteiger partial charge < -0.3 is 5.73 Å². The van der Waals surface area contributed by atoms with Crippen LogP contribution in [0.3, 0.4) is 0 Å². The average molecular weight is 239 g/mol. The van der Waals surface area contributed by atoms with Crippen molar-refractivity contribution < 1.29 is 4.79 Å². The highest BCUT2D eigenvalue weighted by atomic mass is 32.2. The molecular formula is C11H17N3OS. The molecule has 0 saturated heterocycles. The summed E-state index contributed by atoms with van der Waals surface area (Å²) in [5.74, 6) is 0.371. The van der Waals surface area contributed by atoms with E-state index < -0.39 is 5.54 Å². The smallest absolute Gasteiger partial charge is 0.231 e. The Kier molecular flexibility index (Phi) is 2.53. The predicted molar refractivity (Wildman–Crippen MR) is 67.2 cm³/mol. The molecule has 88 valence electrons. The molecule has 0 aliphatic carbocycles. The van der Waals surface area contributed by atoms with E-state index in [1.807, 2.05) is 6.92 Å². The molecular weight excluding hydrogens is 222 g/mol. The molecule has 0 aromatic carbocycles. The molecule has 5 heteroatoms. The van der Waals surface area contributed by atoms with Gasteiger partial charge in [0.25, 0.3) is 0 Å². The molecule has 0 fully saturated rings. The number of rotatable bonds is 1. The summed E-state index contributed by atoms with van der Waals surface area (Å²) in [5, 5.41) is 2.08. The molecule has 0 unspecified atom stereocenters. The minimum atomic E-state index is -0.408. The lowest BCUT2D eigenvalue weighted by molar-refractivity contribution is -0.128. The van der Waals surface area contributed by atoms with E-state index in [-0.39, 0.29) is 10.7 Å². The second-order valence-corrected chi connectivity index (χ2v) is 6.21. The van der Waals surface area contributed by atoms with Gasteiger partial charge in [0.15, 0.2) is 5.96 Å². The molecule has 2 aliphatic heterocycles. The van der Waals surface area contributed by atoms with Crippen LogP contribution >= 0.6 is 11.8 Å². The predicted octanol–water partition coefficient (Wildman–Crippen LogP) is 1.33. The normalized spacial score (nSPS) is 39.1. The molecule has 16 heavy (non-hydrogen) atoms. The van der Waals surface area contributed by atoms with Crippen molar-refractivity contribution in [2.45, 2.75) is 37.0 Å². The fourth-order valence-electron chi connectivity index (χ4n) is 2.08. The first-order valence-corrected chi connectivity index (χ1v) is 6.21. The van der Waals surface area contributed by atoms with E-state index in [9.17, 15) is 4.79 Å². The molecule has 0 aromatic heterocycles. The highest BCUT2D eigenvalue weighted by Crippen LogP contribution is 2.48. The second kappa shape index (κ2) is 3.52. The Bertz CT molecular complexity index is 383. The first kappa shape index (κ1) is 11.5. The van der Waals surface area contributed by atoms with Gasteiger partial charge in [-0.1, -0.05) is 6.08 Å². The maximum Gasteiger partial charge on any atom is 0.231 e. The minimum Gasteiger partial charge on any atom is -0.369 e. The van der Waals surface area contributed by atoms with E-state index in [1.165, 1.54) is 4.90 Å². The number of carbonyl (C=O) groups is 1. The van der Waals surface area contributed by atoms with Gasteiger partial charge >= 0.3 is 0 Å². The largest absolute Gasteiger partial charge is 0.369 e. The van der Waals surface area contributed by atoms with Gasteiger partial charge in [0.2, 0.25) is 5.91 Å². The van der Waals surface area contributed by atoms with E-state index in [0.29, 0.717) is 12.4 Å². The van der Waals surface area contributed by atoms with Gasteiger partial charge in [0.1, 0.15) is 0 Å². The Labute approximate surface area is 100.0 Å². The van der Waals surface area contributed by atoms with Crippen LogP contribution in [0.1, 0.15) is 26.7 Å². The topological polar surface area (TPSA) is 58.7 Å². The SMILES string of the molecule is CN1C(=O)C[C@@](C)([C@@]2(C)CC=CS2)N=C1N. The summed E-state index contributed by atoms with van der Waals surface area (Å²) in [6.07, 6.45) is 3.49. The summed E-state index contributed by atoms with van der Waals surface area (Å²) < 4.78 is -0.0610. The maximum atomic E-state index is 11.9. The van der Waals surface area contributed by atoms with Crippen LogP contribution in [0.15, 0.2) is 16.5 Å². The van der Waals surface area contributed by atoms with Crippen molar-refractivity contribution in [1.82, 2.24) is 4.90 Å². The number of hydrogen-bond donors (Lipinski definition) is 1. The molecule has 2 aliphatic rings. The lowest BCUT2D eigenvalue weighted by Crippen LogP contribution is -2.55. The molecule has 2 rings (SSSR count). The van der Waals surface area contributed by atoms with Crippen molar-refractivity contribution >= 4 is 23.6 Å². The van der Waals surface area contributed by atoms with Crippen LogP contribution in [0.25, 0.3) is 0 Å². The van der Waals surface area contributed by atoms with Crippen LogP contribution in [-0.2, 0) is 4.79 Å². The zero-order valence-electron chi connectivity index (χ0n) is 9.86. The van der Waals surface area contributed by atoms with Crippen LogP contribution in [0.2, 0.25) is 0 Å². The van der Waals surface area contributed by atoms with Crippen molar-refractivity contribution in [3.8, 4) is 0 Å². The van der Waals surface area contributed by atoms with Crippen LogP contribution in [0.4, 0.5) is 0 Å². The molecule has 0 radical (unpaired) electrons. The summed E-state index contributed by atoms with van der Waals surface area (Å²) >= 11 is 1.74. The molecule has 0 spiro atoms. The van der Waals surface area contributed by atoms with Gasteiger partial charge in [-0.05, 0) is 25.7 Å². The van der Waals surface area contributed by atoms with E-state index in [0.717, 1.165) is 6.42 Å². The van der Waals surface area contributed by atoms with Crippen molar-refractivity contribution in [1.29, 1.82) is 0 Å². The van der Waals surface area contributed by atoms with E-state index in [4.69, 9.17) is 5.73 Å². The Morgan fingerprint density at radius 3 is 2.75 bits per heavy atom.